The van der Waals surface area contributed by atoms with Gasteiger partial charge >= 0.3 is 0 Å². The van der Waals surface area contributed by atoms with Gasteiger partial charge in [-0.15, -0.1) is 5.10 Å². The lowest BCUT2D eigenvalue weighted by molar-refractivity contribution is 0.0948. The lowest BCUT2D eigenvalue weighted by atomic mass is 10.3. The summed E-state index contributed by atoms with van der Waals surface area (Å²) in [6.45, 7) is 0.685. The molecule has 0 fully saturated rings. The van der Waals surface area contributed by atoms with Crippen molar-refractivity contribution < 1.29 is 13.9 Å². The van der Waals surface area contributed by atoms with Crippen molar-refractivity contribution >= 4 is 21.8 Å². The summed E-state index contributed by atoms with van der Waals surface area (Å²) >= 11 is 3.07. The molecule has 2 rings (SSSR count). The van der Waals surface area contributed by atoms with E-state index in [0.717, 1.165) is 0 Å². The smallest absolute Gasteiger partial charge is 0.287 e. The Labute approximate surface area is 122 Å². The lowest BCUT2D eigenvalue weighted by Crippen LogP contribution is -2.30. The normalized spacial score (nSPS) is 10.3. The summed E-state index contributed by atoms with van der Waals surface area (Å²) in [4.78, 5) is 11.2. The van der Waals surface area contributed by atoms with Crippen LogP contribution in [0, 0.1) is 5.82 Å². The number of halogens is 2. The summed E-state index contributed by atoms with van der Waals surface area (Å²) in [5.41, 5.74) is 2.08. The number of rotatable bonds is 5. The molecule has 2 aromatic rings. The fourth-order valence-electron chi connectivity index (χ4n) is 1.41. The standard InChI is InChI=1S/C11H11BrFN5O2/c12-8-5-7(1-2-9(8)13)20-4-3-18-6-10(16-17-18)11(19)15-14/h1-2,5-6H,3-4,14H2,(H,15,19). The average Bonchev–Trinajstić information content (AvgIpc) is 2.91. The highest BCUT2D eigenvalue weighted by molar-refractivity contribution is 9.10. The summed E-state index contributed by atoms with van der Waals surface area (Å²) in [6, 6.07) is 4.36. The highest BCUT2D eigenvalue weighted by Crippen LogP contribution is 2.21. The maximum absolute atomic E-state index is 13.0. The Kier molecular flexibility index (Phi) is 4.64. The van der Waals surface area contributed by atoms with E-state index in [0.29, 0.717) is 23.4 Å². The van der Waals surface area contributed by atoms with E-state index in [1.807, 2.05) is 5.43 Å². The molecule has 0 spiro atoms. The SMILES string of the molecule is NNC(=O)c1cn(CCOc2ccc(F)c(Br)c2)nn1. The largest absolute Gasteiger partial charge is 0.492 e. The van der Waals surface area contributed by atoms with Crippen LogP contribution in [0.25, 0.3) is 0 Å². The molecule has 1 aromatic heterocycles. The molecule has 0 aliphatic heterocycles. The minimum atomic E-state index is -0.514. The highest BCUT2D eigenvalue weighted by Gasteiger charge is 2.08. The van der Waals surface area contributed by atoms with Crippen LogP contribution in [0.3, 0.4) is 0 Å². The second-order valence-electron chi connectivity index (χ2n) is 3.76. The van der Waals surface area contributed by atoms with Gasteiger partial charge in [0.1, 0.15) is 18.2 Å². The van der Waals surface area contributed by atoms with Crippen molar-refractivity contribution in [3.05, 3.63) is 40.4 Å². The first-order valence-electron chi connectivity index (χ1n) is 5.59. The topological polar surface area (TPSA) is 95.1 Å². The Hall–Kier alpha value is -2.00. The van der Waals surface area contributed by atoms with Crippen LogP contribution in [0.4, 0.5) is 4.39 Å². The Morgan fingerprint density at radius 3 is 3.05 bits per heavy atom. The first kappa shape index (κ1) is 14.4. The van der Waals surface area contributed by atoms with Gasteiger partial charge in [0.05, 0.1) is 17.2 Å². The van der Waals surface area contributed by atoms with E-state index in [1.165, 1.54) is 29.1 Å². The molecule has 0 bridgehead atoms. The van der Waals surface area contributed by atoms with Crippen molar-refractivity contribution in [1.29, 1.82) is 0 Å². The van der Waals surface area contributed by atoms with Crippen LogP contribution in [0.15, 0.2) is 28.9 Å². The van der Waals surface area contributed by atoms with Gasteiger partial charge in [-0.2, -0.15) is 0 Å². The number of hydrogen-bond donors (Lipinski definition) is 2. The molecular formula is C11H11BrFN5O2. The molecule has 1 amide bonds. The Balaban J connectivity index is 1.88. The predicted octanol–water partition coefficient (Wildman–Crippen LogP) is 0.862. The molecular weight excluding hydrogens is 333 g/mol. The van der Waals surface area contributed by atoms with Gasteiger partial charge in [-0.25, -0.2) is 14.9 Å². The third kappa shape index (κ3) is 3.52. The number of nitrogens with zero attached hydrogens (tertiary/aromatic N) is 3. The van der Waals surface area contributed by atoms with Gasteiger partial charge in [0.25, 0.3) is 5.91 Å². The van der Waals surface area contributed by atoms with Crippen LogP contribution in [-0.2, 0) is 6.54 Å². The molecule has 9 heteroatoms. The van der Waals surface area contributed by atoms with E-state index >= 15 is 0 Å². The number of nitrogen functional groups attached to an aromatic ring is 1. The third-order valence-corrected chi connectivity index (χ3v) is 2.99. The van der Waals surface area contributed by atoms with Crippen LogP contribution < -0.4 is 16.0 Å². The number of nitrogens with one attached hydrogen (secondary N) is 1. The molecule has 0 saturated carbocycles. The number of benzene rings is 1. The van der Waals surface area contributed by atoms with Crippen LogP contribution in [0.2, 0.25) is 0 Å². The number of aromatic nitrogens is 3. The number of ether oxygens (including phenoxy) is 1. The minimum Gasteiger partial charge on any atom is -0.492 e. The molecule has 3 N–H and O–H groups in total. The Morgan fingerprint density at radius 1 is 1.55 bits per heavy atom. The summed E-state index contributed by atoms with van der Waals surface area (Å²) < 4.78 is 20.2. The summed E-state index contributed by atoms with van der Waals surface area (Å²) in [5.74, 6) is 4.64. The van der Waals surface area contributed by atoms with Crippen LogP contribution in [0.5, 0.6) is 5.75 Å². The van der Waals surface area contributed by atoms with E-state index in [-0.39, 0.29) is 11.5 Å². The monoisotopic (exact) mass is 343 g/mol. The summed E-state index contributed by atoms with van der Waals surface area (Å²) in [6.07, 6.45) is 1.45. The zero-order chi connectivity index (χ0) is 14.5. The van der Waals surface area contributed by atoms with Crippen LogP contribution in [-0.4, -0.2) is 27.5 Å². The average molecular weight is 344 g/mol. The predicted molar refractivity (Wildman–Crippen MR) is 71.3 cm³/mol. The second kappa shape index (κ2) is 6.44. The number of hydrogen-bond acceptors (Lipinski definition) is 5. The second-order valence-corrected chi connectivity index (χ2v) is 4.62. The molecule has 0 unspecified atom stereocenters. The number of carbonyl (C=O) groups excluding carboxylic acids is 1. The first-order valence-corrected chi connectivity index (χ1v) is 6.38. The first-order chi connectivity index (χ1) is 9.60. The fraction of sp³-hybridized carbons (Fsp3) is 0.182. The van der Waals surface area contributed by atoms with Gasteiger partial charge in [0.2, 0.25) is 0 Å². The van der Waals surface area contributed by atoms with E-state index in [4.69, 9.17) is 10.6 Å². The van der Waals surface area contributed by atoms with Gasteiger partial charge in [0, 0.05) is 0 Å². The number of hydrazine groups is 1. The van der Waals surface area contributed by atoms with Crippen molar-refractivity contribution in [2.75, 3.05) is 6.61 Å². The quantitative estimate of drug-likeness (QED) is 0.477. The third-order valence-electron chi connectivity index (χ3n) is 2.38. The van der Waals surface area contributed by atoms with Crippen molar-refractivity contribution in [2.45, 2.75) is 6.54 Å². The van der Waals surface area contributed by atoms with Gasteiger partial charge in [-0.05, 0) is 34.1 Å². The maximum atomic E-state index is 13.0. The number of carbonyl (C=O) groups is 1. The molecule has 0 radical (unpaired) electrons. The summed E-state index contributed by atoms with van der Waals surface area (Å²) in [7, 11) is 0. The van der Waals surface area contributed by atoms with Crippen molar-refractivity contribution in [2.24, 2.45) is 5.84 Å². The molecule has 106 valence electrons. The molecule has 20 heavy (non-hydrogen) atoms. The van der Waals surface area contributed by atoms with Crippen LogP contribution in [0.1, 0.15) is 10.5 Å². The molecule has 1 aromatic carbocycles. The molecule has 1 heterocycles. The minimum absolute atomic E-state index is 0.122. The zero-order valence-electron chi connectivity index (χ0n) is 10.2. The highest BCUT2D eigenvalue weighted by atomic mass is 79.9. The van der Waals surface area contributed by atoms with Crippen molar-refractivity contribution in [3.8, 4) is 5.75 Å². The Morgan fingerprint density at radius 2 is 2.35 bits per heavy atom. The zero-order valence-corrected chi connectivity index (χ0v) is 11.8. The fourth-order valence-corrected chi connectivity index (χ4v) is 1.77. The Bertz CT molecular complexity index is 619. The number of amides is 1. The molecule has 0 saturated heterocycles. The maximum Gasteiger partial charge on any atom is 0.287 e. The van der Waals surface area contributed by atoms with E-state index < -0.39 is 5.91 Å². The molecule has 0 atom stereocenters. The van der Waals surface area contributed by atoms with E-state index in [2.05, 4.69) is 26.2 Å². The van der Waals surface area contributed by atoms with Gasteiger partial charge in [-0.1, -0.05) is 5.21 Å². The van der Waals surface area contributed by atoms with E-state index in [9.17, 15) is 9.18 Å². The van der Waals surface area contributed by atoms with Gasteiger partial charge in [-0.3, -0.25) is 10.2 Å². The van der Waals surface area contributed by atoms with Crippen molar-refractivity contribution in [3.63, 3.8) is 0 Å². The number of nitrogens with two attached hydrogens (primary N) is 1. The van der Waals surface area contributed by atoms with Crippen molar-refractivity contribution in [1.82, 2.24) is 20.4 Å². The molecule has 0 aliphatic carbocycles. The van der Waals surface area contributed by atoms with Gasteiger partial charge < -0.3 is 4.74 Å². The molecule has 0 aliphatic rings. The lowest BCUT2D eigenvalue weighted by Gasteiger charge is -2.06. The molecule has 7 nitrogen and oxygen atoms in total. The van der Waals surface area contributed by atoms with Gasteiger partial charge in [0.15, 0.2) is 5.69 Å². The van der Waals surface area contributed by atoms with E-state index in [1.54, 1.807) is 0 Å². The summed E-state index contributed by atoms with van der Waals surface area (Å²) in [5, 5.41) is 7.40. The van der Waals surface area contributed by atoms with Crippen LogP contribution >= 0.6 is 15.9 Å².